The van der Waals surface area contributed by atoms with Gasteiger partial charge in [-0.2, -0.15) is 0 Å². The largest absolute Gasteiger partial charge is 0.488 e. The highest BCUT2D eigenvalue weighted by atomic mass is 16.6. The number of hydrogen-bond acceptors (Lipinski definition) is 7. The molecule has 1 saturated heterocycles. The number of nitro benzene ring substituents is 1. The summed E-state index contributed by atoms with van der Waals surface area (Å²) >= 11 is 0. The third-order valence-electron chi connectivity index (χ3n) is 4.34. The quantitative estimate of drug-likeness (QED) is 0.587. The number of amides is 1. The Hall–Kier alpha value is -2.71. The molecule has 1 aromatic rings. The zero-order chi connectivity index (χ0) is 19.1. The van der Waals surface area contributed by atoms with Crippen LogP contribution in [0.5, 0.6) is 11.5 Å². The minimum absolute atomic E-state index is 0.0464. The molecule has 9 nitrogen and oxygen atoms in total. The number of carbonyl (C=O) groups is 1. The first kappa shape index (κ1) is 18.1. The van der Waals surface area contributed by atoms with Crippen LogP contribution in [0.15, 0.2) is 12.1 Å². The number of benzene rings is 1. The molecule has 1 atom stereocenters. The first-order valence-electron chi connectivity index (χ1n) is 8.44. The van der Waals surface area contributed by atoms with Crippen LogP contribution >= 0.6 is 0 Å². The van der Waals surface area contributed by atoms with Gasteiger partial charge in [0.15, 0.2) is 5.75 Å². The van der Waals surface area contributed by atoms with Gasteiger partial charge in [-0.1, -0.05) is 0 Å². The third kappa shape index (κ3) is 3.33. The standard InChI is InChI=1S/C17H23N3O6/c1-17(2,3)26-16(21)18-7-8-19-11(9-18)10-25-15-12(19)5-6-13(20(22)23)14(15)24-4/h5-6,11H,7-10H2,1-4H3/t11-/m1/s1. The number of nitrogens with zero attached hydrogens (tertiary/aromatic N) is 3. The van der Waals surface area contributed by atoms with E-state index in [0.29, 0.717) is 32.0 Å². The van der Waals surface area contributed by atoms with E-state index in [1.165, 1.54) is 13.2 Å². The average molecular weight is 365 g/mol. The van der Waals surface area contributed by atoms with Crippen LogP contribution in [-0.2, 0) is 4.74 Å². The number of nitro groups is 1. The topological polar surface area (TPSA) is 94.4 Å². The zero-order valence-electron chi connectivity index (χ0n) is 15.4. The van der Waals surface area contributed by atoms with E-state index < -0.39 is 10.5 Å². The third-order valence-corrected chi connectivity index (χ3v) is 4.34. The van der Waals surface area contributed by atoms with Crippen molar-refractivity contribution >= 4 is 17.5 Å². The first-order chi connectivity index (χ1) is 12.2. The molecule has 0 radical (unpaired) electrons. The second-order valence-electron chi connectivity index (χ2n) is 7.31. The van der Waals surface area contributed by atoms with E-state index in [4.69, 9.17) is 14.2 Å². The molecule has 0 spiro atoms. The maximum atomic E-state index is 12.3. The molecule has 0 aromatic heterocycles. The van der Waals surface area contributed by atoms with Crippen molar-refractivity contribution in [3.63, 3.8) is 0 Å². The minimum atomic E-state index is -0.545. The van der Waals surface area contributed by atoms with Crippen LogP contribution in [0, 0.1) is 10.1 Å². The van der Waals surface area contributed by atoms with E-state index in [-0.39, 0.29) is 23.6 Å². The van der Waals surface area contributed by atoms with Crippen LogP contribution in [0.2, 0.25) is 0 Å². The number of anilines is 1. The Kier molecular flexibility index (Phi) is 4.55. The van der Waals surface area contributed by atoms with E-state index in [0.717, 1.165) is 5.69 Å². The summed E-state index contributed by atoms with van der Waals surface area (Å²) in [6.07, 6.45) is -0.343. The fraction of sp³-hybridized carbons (Fsp3) is 0.588. The van der Waals surface area contributed by atoms with Gasteiger partial charge in [-0.3, -0.25) is 10.1 Å². The Labute approximate surface area is 151 Å². The van der Waals surface area contributed by atoms with Crippen molar-refractivity contribution in [3.05, 3.63) is 22.2 Å². The van der Waals surface area contributed by atoms with Gasteiger partial charge in [0.1, 0.15) is 12.2 Å². The Balaban J connectivity index is 1.81. The van der Waals surface area contributed by atoms with E-state index >= 15 is 0 Å². The molecule has 9 heteroatoms. The van der Waals surface area contributed by atoms with Crippen molar-refractivity contribution in [1.82, 2.24) is 4.90 Å². The summed E-state index contributed by atoms with van der Waals surface area (Å²) in [6.45, 7) is 7.36. The molecule has 2 heterocycles. The predicted molar refractivity (Wildman–Crippen MR) is 94.1 cm³/mol. The molecule has 0 bridgehead atoms. The van der Waals surface area contributed by atoms with Gasteiger partial charge in [0.2, 0.25) is 5.75 Å². The van der Waals surface area contributed by atoms with Crippen LogP contribution in [0.1, 0.15) is 20.8 Å². The summed E-state index contributed by atoms with van der Waals surface area (Å²) in [4.78, 5) is 26.8. The fourth-order valence-corrected chi connectivity index (χ4v) is 3.24. The fourth-order valence-electron chi connectivity index (χ4n) is 3.24. The molecule has 0 saturated carbocycles. The van der Waals surface area contributed by atoms with Gasteiger partial charge in [0.25, 0.3) is 0 Å². The lowest BCUT2D eigenvalue weighted by molar-refractivity contribution is -0.385. The molecular weight excluding hydrogens is 342 g/mol. The maximum absolute atomic E-state index is 12.3. The first-order valence-corrected chi connectivity index (χ1v) is 8.44. The maximum Gasteiger partial charge on any atom is 0.410 e. The highest BCUT2D eigenvalue weighted by Gasteiger charge is 2.38. The van der Waals surface area contributed by atoms with Crippen molar-refractivity contribution in [1.29, 1.82) is 0 Å². The van der Waals surface area contributed by atoms with Gasteiger partial charge in [-0.05, 0) is 26.8 Å². The number of methoxy groups -OCH3 is 1. The molecule has 0 unspecified atom stereocenters. The van der Waals surface area contributed by atoms with Crippen molar-refractivity contribution < 1.29 is 23.9 Å². The smallest absolute Gasteiger partial charge is 0.410 e. The second-order valence-corrected chi connectivity index (χ2v) is 7.31. The predicted octanol–water partition coefficient (Wildman–Crippen LogP) is 2.42. The van der Waals surface area contributed by atoms with Gasteiger partial charge in [0.05, 0.1) is 23.8 Å². The Morgan fingerprint density at radius 1 is 1.35 bits per heavy atom. The SMILES string of the molecule is COc1c([N+](=O)[O-])ccc2c1OC[C@H]1CN(C(=O)OC(C)(C)C)CCN21. The van der Waals surface area contributed by atoms with Crippen molar-refractivity contribution in [3.8, 4) is 11.5 Å². The number of hydrogen-bond donors (Lipinski definition) is 0. The number of ether oxygens (including phenoxy) is 3. The summed E-state index contributed by atoms with van der Waals surface area (Å²) < 4.78 is 16.4. The minimum Gasteiger partial charge on any atom is -0.488 e. The van der Waals surface area contributed by atoms with Gasteiger partial charge in [-0.25, -0.2) is 4.79 Å². The van der Waals surface area contributed by atoms with Crippen molar-refractivity contribution in [2.45, 2.75) is 32.4 Å². The number of rotatable bonds is 2. The average Bonchev–Trinajstić information content (AvgIpc) is 2.58. The molecule has 0 N–H and O–H groups in total. The molecule has 0 aliphatic carbocycles. The van der Waals surface area contributed by atoms with Crippen LogP contribution in [-0.4, -0.2) is 60.9 Å². The van der Waals surface area contributed by atoms with E-state index in [9.17, 15) is 14.9 Å². The lowest BCUT2D eigenvalue weighted by Gasteiger charge is -2.45. The second kappa shape index (κ2) is 6.54. The molecule has 1 aromatic carbocycles. The molecule has 1 amide bonds. The summed E-state index contributed by atoms with van der Waals surface area (Å²) in [7, 11) is 1.39. The molecule has 142 valence electrons. The van der Waals surface area contributed by atoms with Gasteiger partial charge >= 0.3 is 11.8 Å². The molecule has 2 aliphatic rings. The Morgan fingerprint density at radius 3 is 2.69 bits per heavy atom. The molecule has 2 aliphatic heterocycles. The lowest BCUT2D eigenvalue weighted by atomic mass is 10.1. The Bertz CT molecular complexity index is 730. The van der Waals surface area contributed by atoms with Gasteiger partial charge in [-0.15, -0.1) is 0 Å². The summed E-state index contributed by atoms with van der Waals surface area (Å²) in [6, 6.07) is 3.05. The highest BCUT2D eigenvalue weighted by Crippen LogP contribution is 2.47. The lowest BCUT2D eigenvalue weighted by Crippen LogP contribution is -2.59. The zero-order valence-corrected chi connectivity index (χ0v) is 15.4. The monoisotopic (exact) mass is 365 g/mol. The summed E-state index contributed by atoms with van der Waals surface area (Å²) in [5.41, 5.74) is 0.0699. The molecule has 3 rings (SSSR count). The van der Waals surface area contributed by atoms with Crippen LogP contribution in [0.4, 0.5) is 16.2 Å². The Morgan fingerprint density at radius 2 is 2.08 bits per heavy atom. The van der Waals surface area contributed by atoms with Crippen LogP contribution in [0.3, 0.4) is 0 Å². The summed E-state index contributed by atoms with van der Waals surface area (Å²) in [5.74, 6) is 0.504. The number of fused-ring (bicyclic) bond motifs is 3. The molecule has 26 heavy (non-hydrogen) atoms. The van der Waals surface area contributed by atoms with Crippen molar-refractivity contribution in [2.75, 3.05) is 38.3 Å². The van der Waals surface area contributed by atoms with Crippen LogP contribution < -0.4 is 14.4 Å². The van der Waals surface area contributed by atoms with Crippen molar-refractivity contribution in [2.24, 2.45) is 0 Å². The van der Waals surface area contributed by atoms with Gasteiger partial charge < -0.3 is 24.0 Å². The molecule has 1 fully saturated rings. The van der Waals surface area contributed by atoms with E-state index in [1.807, 2.05) is 20.8 Å². The summed E-state index contributed by atoms with van der Waals surface area (Å²) in [5, 5.41) is 11.2. The van der Waals surface area contributed by atoms with Gasteiger partial charge in [0, 0.05) is 25.7 Å². The van der Waals surface area contributed by atoms with Crippen LogP contribution in [0.25, 0.3) is 0 Å². The highest BCUT2D eigenvalue weighted by molar-refractivity contribution is 5.74. The van der Waals surface area contributed by atoms with E-state index in [1.54, 1.807) is 11.0 Å². The number of piperazine rings is 1. The van der Waals surface area contributed by atoms with E-state index in [2.05, 4.69) is 4.90 Å². The number of carbonyl (C=O) groups excluding carboxylic acids is 1. The normalized spacial score (nSPS) is 19.2. The molecular formula is C17H23N3O6.